The van der Waals surface area contributed by atoms with Gasteiger partial charge in [-0.3, -0.25) is 9.59 Å². The number of hydrogen-bond donors (Lipinski definition) is 1. The molecule has 10 heteroatoms. The molecule has 1 aromatic rings. The zero-order valence-corrected chi connectivity index (χ0v) is 16.9. The van der Waals surface area contributed by atoms with Gasteiger partial charge in [-0.25, -0.2) is 13.8 Å². The van der Waals surface area contributed by atoms with Gasteiger partial charge in [-0.1, -0.05) is 0 Å². The van der Waals surface area contributed by atoms with Gasteiger partial charge in [0.15, 0.2) is 0 Å². The molecule has 1 aromatic heterocycles. The fourth-order valence-corrected chi connectivity index (χ4v) is 4.34. The van der Waals surface area contributed by atoms with Crippen molar-refractivity contribution in [1.82, 2.24) is 10.3 Å². The lowest BCUT2D eigenvalue weighted by molar-refractivity contribution is -0.141. The van der Waals surface area contributed by atoms with Crippen LogP contribution in [0.4, 0.5) is 14.5 Å². The number of carbonyl (C=O) groups excluding carboxylic acids is 2. The van der Waals surface area contributed by atoms with Crippen LogP contribution in [0.2, 0.25) is 0 Å². The number of carbonyl (C=O) groups is 2. The molecule has 2 aliphatic heterocycles. The Morgan fingerprint density at radius 1 is 1.31 bits per heavy atom. The van der Waals surface area contributed by atoms with Crippen molar-refractivity contribution in [2.75, 3.05) is 43.2 Å². The minimum atomic E-state index is -2.72. The largest absolute Gasteiger partial charge is 0.476 e. The Morgan fingerprint density at radius 3 is 2.59 bits per heavy atom. The predicted molar refractivity (Wildman–Crippen MR) is 104 cm³/mol. The van der Waals surface area contributed by atoms with Crippen molar-refractivity contribution >= 4 is 29.3 Å². The number of alkyl halides is 2. The van der Waals surface area contributed by atoms with Crippen LogP contribution in [0.5, 0.6) is 5.88 Å². The number of esters is 1. The first-order valence-electron chi connectivity index (χ1n) is 9.53. The summed E-state index contributed by atoms with van der Waals surface area (Å²) in [7, 11) is 1.31. The van der Waals surface area contributed by atoms with Crippen LogP contribution in [0, 0.1) is 5.92 Å². The van der Waals surface area contributed by atoms with Crippen LogP contribution in [-0.2, 0) is 9.53 Å². The predicted octanol–water partition coefficient (Wildman–Crippen LogP) is 2.10. The smallest absolute Gasteiger partial charge is 0.307 e. The molecule has 0 radical (unpaired) electrons. The SMILES string of the molecule is COC(=O)CC1(NC(=O)c2ccc(N3CC(F)(F)C3)c(OCC3CC3)n2)CSC1. The van der Waals surface area contributed by atoms with E-state index in [-0.39, 0.29) is 37.1 Å². The lowest BCUT2D eigenvalue weighted by Crippen LogP contribution is -2.59. The number of nitrogens with zero attached hydrogens (tertiary/aromatic N) is 2. The van der Waals surface area contributed by atoms with Crippen molar-refractivity contribution in [3.8, 4) is 5.88 Å². The maximum absolute atomic E-state index is 13.3. The molecule has 0 aromatic carbocycles. The summed E-state index contributed by atoms with van der Waals surface area (Å²) in [6.07, 6.45) is 2.24. The lowest BCUT2D eigenvalue weighted by Gasteiger charge is -2.41. The van der Waals surface area contributed by atoms with Gasteiger partial charge in [0.1, 0.15) is 11.4 Å². The fourth-order valence-electron chi connectivity index (χ4n) is 3.29. The highest BCUT2D eigenvalue weighted by atomic mass is 32.2. The van der Waals surface area contributed by atoms with E-state index in [4.69, 9.17) is 9.47 Å². The van der Waals surface area contributed by atoms with Crippen LogP contribution in [0.25, 0.3) is 0 Å². The average Bonchev–Trinajstić information content (AvgIpc) is 3.46. The normalized spacial score (nSPS) is 21.6. The van der Waals surface area contributed by atoms with Crippen molar-refractivity contribution in [3.63, 3.8) is 0 Å². The van der Waals surface area contributed by atoms with Crippen LogP contribution in [-0.4, -0.2) is 66.6 Å². The first-order chi connectivity index (χ1) is 13.8. The molecule has 0 atom stereocenters. The summed E-state index contributed by atoms with van der Waals surface area (Å²) in [6.45, 7) is -0.322. The molecule has 2 saturated heterocycles. The quantitative estimate of drug-likeness (QED) is 0.637. The number of amides is 1. The molecule has 7 nitrogen and oxygen atoms in total. The standard InChI is InChI=1S/C19H23F2N3O4S/c1-27-15(25)6-18(10-29-11-18)23-16(26)13-4-5-14(24-8-19(20,21)9-24)17(22-13)28-7-12-2-3-12/h4-5,12H,2-3,6-11H2,1H3,(H,23,26). The fraction of sp³-hybridized carbons (Fsp3) is 0.632. The van der Waals surface area contributed by atoms with E-state index in [1.54, 1.807) is 17.8 Å². The van der Waals surface area contributed by atoms with Crippen LogP contribution in [0.1, 0.15) is 29.8 Å². The minimum Gasteiger partial charge on any atom is -0.476 e. The van der Waals surface area contributed by atoms with Gasteiger partial charge >= 0.3 is 5.97 Å². The Kier molecular flexibility index (Phi) is 5.30. The van der Waals surface area contributed by atoms with Crippen LogP contribution in [0.15, 0.2) is 12.1 Å². The molecule has 29 heavy (non-hydrogen) atoms. The highest BCUT2D eigenvalue weighted by molar-refractivity contribution is 8.00. The van der Waals surface area contributed by atoms with E-state index in [9.17, 15) is 18.4 Å². The van der Waals surface area contributed by atoms with Gasteiger partial charge < -0.3 is 19.7 Å². The Balaban J connectivity index is 1.49. The van der Waals surface area contributed by atoms with Crippen molar-refractivity contribution in [2.24, 2.45) is 5.92 Å². The van der Waals surface area contributed by atoms with E-state index in [1.165, 1.54) is 18.1 Å². The first-order valence-corrected chi connectivity index (χ1v) is 10.7. The minimum absolute atomic E-state index is 0.0915. The number of rotatable bonds is 8. The maximum atomic E-state index is 13.3. The highest BCUT2D eigenvalue weighted by Gasteiger charge is 2.45. The molecule has 0 bridgehead atoms. The number of ether oxygens (including phenoxy) is 2. The number of nitrogens with one attached hydrogen (secondary N) is 1. The van der Waals surface area contributed by atoms with Crippen molar-refractivity contribution in [1.29, 1.82) is 0 Å². The Hall–Kier alpha value is -2.10. The van der Waals surface area contributed by atoms with Gasteiger partial charge in [0.25, 0.3) is 11.8 Å². The molecular formula is C19H23F2N3O4S. The van der Waals surface area contributed by atoms with Gasteiger partial charge in [-0.2, -0.15) is 11.8 Å². The number of thioether (sulfide) groups is 1. The summed E-state index contributed by atoms with van der Waals surface area (Å²) >= 11 is 1.63. The zero-order chi connectivity index (χ0) is 20.6. The molecule has 3 heterocycles. The molecule has 0 unspecified atom stereocenters. The summed E-state index contributed by atoms with van der Waals surface area (Å²) in [6, 6.07) is 3.10. The average molecular weight is 427 g/mol. The van der Waals surface area contributed by atoms with Crippen molar-refractivity contribution < 1.29 is 27.8 Å². The molecule has 1 N–H and O–H groups in total. The molecule has 1 saturated carbocycles. The number of anilines is 1. The number of methoxy groups -OCH3 is 1. The Bertz CT molecular complexity index is 807. The third-order valence-corrected chi connectivity index (χ3v) is 6.77. The molecule has 0 spiro atoms. The number of pyridine rings is 1. The number of aromatic nitrogens is 1. The summed E-state index contributed by atoms with van der Waals surface area (Å²) in [5.74, 6) is -1.65. The van der Waals surface area contributed by atoms with E-state index in [0.29, 0.717) is 29.7 Å². The second-order valence-corrected chi connectivity index (χ2v) is 8.95. The van der Waals surface area contributed by atoms with Gasteiger partial charge in [0.2, 0.25) is 5.88 Å². The van der Waals surface area contributed by atoms with E-state index in [2.05, 4.69) is 10.3 Å². The molecule has 158 valence electrons. The van der Waals surface area contributed by atoms with Gasteiger partial charge in [-0.05, 0) is 30.9 Å². The first kappa shape index (κ1) is 20.2. The van der Waals surface area contributed by atoms with Gasteiger partial charge in [0.05, 0.1) is 38.8 Å². The Morgan fingerprint density at radius 2 is 2.03 bits per heavy atom. The summed E-state index contributed by atoms with van der Waals surface area (Å²) < 4.78 is 37.1. The van der Waals surface area contributed by atoms with Crippen molar-refractivity contribution in [2.45, 2.75) is 30.7 Å². The third-order valence-electron chi connectivity index (χ3n) is 5.26. The summed E-state index contributed by atoms with van der Waals surface area (Å²) in [4.78, 5) is 30.3. The second kappa shape index (κ2) is 7.62. The lowest BCUT2D eigenvalue weighted by atomic mass is 9.98. The number of halogens is 2. The van der Waals surface area contributed by atoms with E-state index >= 15 is 0 Å². The molecule has 3 fully saturated rings. The maximum Gasteiger partial charge on any atom is 0.307 e. The zero-order valence-electron chi connectivity index (χ0n) is 16.1. The van der Waals surface area contributed by atoms with Crippen molar-refractivity contribution in [3.05, 3.63) is 17.8 Å². The highest BCUT2D eigenvalue weighted by Crippen LogP contribution is 2.38. The van der Waals surface area contributed by atoms with Crippen LogP contribution >= 0.6 is 11.8 Å². The number of hydrogen-bond acceptors (Lipinski definition) is 7. The second-order valence-electron chi connectivity index (χ2n) is 7.97. The van der Waals surface area contributed by atoms with E-state index in [0.717, 1.165) is 12.8 Å². The van der Waals surface area contributed by atoms with E-state index < -0.39 is 17.4 Å². The summed E-state index contributed by atoms with van der Waals surface area (Å²) in [5, 5.41) is 2.89. The topological polar surface area (TPSA) is 80.8 Å². The van der Waals surface area contributed by atoms with Gasteiger partial charge in [-0.15, -0.1) is 0 Å². The monoisotopic (exact) mass is 427 g/mol. The molecular weight excluding hydrogens is 404 g/mol. The molecule has 1 aliphatic carbocycles. The molecule has 4 rings (SSSR count). The van der Waals surface area contributed by atoms with Gasteiger partial charge in [0, 0.05) is 11.5 Å². The molecule has 3 aliphatic rings. The summed E-state index contributed by atoms with van der Waals surface area (Å²) in [5.41, 5.74) is -0.0476. The Labute approximate surface area is 171 Å². The van der Waals surface area contributed by atoms with Crippen LogP contribution < -0.4 is 15.0 Å². The third kappa shape index (κ3) is 4.57. The van der Waals surface area contributed by atoms with Crippen LogP contribution in [0.3, 0.4) is 0 Å². The molecule has 1 amide bonds. The van der Waals surface area contributed by atoms with E-state index in [1.807, 2.05) is 0 Å².